The van der Waals surface area contributed by atoms with Crippen LogP contribution in [0.1, 0.15) is 0 Å². The first-order chi connectivity index (χ1) is 1.73. The van der Waals surface area contributed by atoms with Gasteiger partial charge in [-0.2, -0.15) is 0 Å². The maximum Gasteiger partial charge on any atom is 0.503 e. The van der Waals surface area contributed by atoms with Crippen molar-refractivity contribution in [1.29, 1.82) is 0 Å². The van der Waals surface area contributed by atoms with Crippen LogP contribution >= 0.6 is 0 Å². The van der Waals surface area contributed by atoms with Crippen molar-refractivity contribution >= 4 is 69.6 Å². The van der Waals surface area contributed by atoms with E-state index < -0.39 is 6.16 Å². The number of carbonyl (C=O) groups is 1. The third-order valence-electron chi connectivity index (χ3n) is 0. The number of rotatable bonds is 0. The molecule has 0 aromatic carbocycles. The molecule has 0 unspecified atom stereocenters. The second-order valence-corrected chi connectivity index (χ2v) is 0.283. The minimum Gasteiger partial charge on any atom is -0.450 e. The Bertz CT molecular complexity index is 37.0. The van der Waals surface area contributed by atoms with Crippen LogP contribution in [0.25, 0.3) is 0 Å². The molecule has 8 heavy (non-hydrogen) atoms. The molecular formula is CH11AlMg2O4. The molecule has 0 fully saturated rings. The van der Waals surface area contributed by atoms with Gasteiger partial charge in [0.05, 0.1) is 0 Å². The fourth-order valence-corrected chi connectivity index (χ4v) is 0. The van der Waals surface area contributed by atoms with Crippen LogP contribution in [0.5, 0.6) is 0 Å². The molecule has 7 heteroatoms. The predicted molar refractivity (Wildman–Crippen MR) is 41.3 cm³/mol. The average Bonchev–Trinajstić information content (AvgIpc) is 0.811. The Balaban J connectivity index is -0.00000000750. The van der Waals surface area contributed by atoms with Crippen LogP contribution in [0.15, 0.2) is 0 Å². The first-order valence-electron chi connectivity index (χ1n) is 0.651. The van der Waals surface area contributed by atoms with E-state index >= 15 is 0 Å². The summed E-state index contributed by atoms with van der Waals surface area (Å²) in [6.45, 7) is 0. The summed E-state index contributed by atoms with van der Waals surface area (Å²) in [5.41, 5.74) is 0. The van der Waals surface area contributed by atoms with Gasteiger partial charge < -0.3 is 15.7 Å². The van der Waals surface area contributed by atoms with Gasteiger partial charge in [0.2, 0.25) is 0 Å². The topological polar surface area (TPSA) is 89.0 Å². The molecule has 0 heterocycles. The van der Waals surface area contributed by atoms with Crippen molar-refractivity contribution in [3.05, 3.63) is 0 Å². The summed E-state index contributed by atoms with van der Waals surface area (Å²) in [7, 11) is 0. The lowest BCUT2D eigenvalue weighted by atomic mass is 11.5. The highest BCUT2D eigenvalue weighted by atomic mass is 27.0. The van der Waals surface area contributed by atoms with Crippen molar-refractivity contribution in [2.75, 3.05) is 0 Å². The Morgan fingerprint density at radius 3 is 1.12 bits per heavy atom. The summed E-state index contributed by atoms with van der Waals surface area (Å²) in [5.74, 6) is 0. The molecule has 0 atom stereocenters. The maximum absolute atomic E-state index is 8.56. The second-order valence-electron chi connectivity index (χ2n) is 0.283. The van der Waals surface area contributed by atoms with Gasteiger partial charge in [0, 0.05) is 0 Å². The predicted octanol–water partition coefficient (Wildman–Crippen LogP) is -3.62. The molecule has 0 amide bonds. The third kappa shape index (κ3) is 172. The van der Waals surface area contributed by atoms with Gasteiger partial charge in [0.25, 0.3) is 0 Å². The summed E-state index contributed by atoms with van der Waals surface area (Å²) in [6, 6.07) is 0. The Kier molecular flexibility index (Phi) is 104. The van der Waals surface area contributed by atoms with Crippen LogP contribution in [0, 0.1) is 0 Å². The van der Waals surface area contributed by atoms with E-state index in [9.17, 15) is 0 Å². The van der Waals surface area contributed by atoms with E-state index in [4.69, 9.17) is 15.0 Å². The van der Waals surface area contributed by atoms with Crippen LogP contribution in [0.2, 0.25) is 0 Å². The standard InChI is InChI=1S/CH2O3.Al.2Mg.H2O.7H/c2-1(3)4;;;;;;;;;;;/h(H2,2,3,4);;;;1H2;;;;;;;. The average molecular weight is 163 g/mol. The van der Waals surface area contributed by atoms with Crippen LogP contribution in [0.3, 0.4) is 0 Å². The molecule has 46 valence electrons. The molecule has 4 N–H and O–H groups in total. The highest BCUT2D eigenvalue weighted by Gasteiger charge is 1.70. The lowest BCUT2D eigenvalue weighted by Crippen LogP contribution is -1.81. The number of hydrogen-bond acceptors (Lipinski definition) is 1. The molecular weight excluding hydrogens is 152 g/mol. The minimum absolute atomic E-state index is 0. The third-order valence-corrected chi connectivity index (χ3v) is 0. The zero-order chi connectivity index (χ0) is 3.58. The molecule has 0 bridgehead atoms. The normalized spacial score (nSPS) is 3.00. The van der Waals surface area contributed by atoms with Gasteiger partial charge in [-0.1, -0.05) is 0 Å². The Morgan fingerprint density at radius 1 is 1.12 bits per heavy atom. The monoisotopic (exact) mass is 162 g/mol. The Hall–Kier alpha value is 1.29. The smallest absolute Gasteiger partial charge is 0.450 e. The van der Waals surface area contributed by atoms with Crippen molar-refractivity contribution in [3.8, 4) is 0 Å². The summed E-state index contributed by atoms with van der Waals surface area (Å²) in [4.78, 5) is 8.56. The van der Waals surface area contributed by atoms with Gasteiger partial charge in [0.1, 0.15) is 0 Å². The quantitative estimate of drug-likeness (QED) is 0.361. The van der Waals surface area contributed by atoms with E-state index in [-0.39, 0.29) is 68.9 Å². The number of carboxylic acid groups (broad SMARTS) is 2. The van der Waals surface area contributed by atoms with Gasteiger partial charge in [-0.05, 0) is 0 Å². The van der Waals surface area contributed by atoms with Crippen LogP contribution in [-0.2, 0) is 0 Å². The molecule has 0 radical (unpaired) electrons. The highest BCUT2D eigenvalue weighted by Crippen LogP contribution is 1.42. The van der Waals surface area contributed by atoms with E-state index in [1.165, 1.54) is 0 Å². The molecule has 0 aliphatic rings. The van der Waals surface area contributed by atoms with E-state index in [0.717, 1.165) is 0 Å². The lowest BCUT2D eigenvalue weighted by Gasteiger charge is -1.60. The first kappa shape index (κ1) is 34.7. The lowest BCUT2D eigenvalue weighted by molar-refractivity contribution is 0.137. The maximum atomic E-state index is 8.56. The van der Waals surface area contributed by atoms with Crippen molar-refractivity contribution in [2.24, 2.45) is 0 Å². The fourth-order valence-electron chi connectivity index (χ4n) is 0. The molecule has 0 aromatic rings. The first-order valence-corrected chi connectivity index (χ1v) is 0.651. The molecule has 0 rings (SSSR count). The second kappa shape index (κ2) is 23.9. The Morgan fingerprint density at radius 2 is 1.12 bits per heavy atom. The van der Waals surface area contributed by atoms with Crippen molar-refractivity contribution < 1.29 is 20.5 Å². The molecule has 0 aromatic heterocycles. The van der Waals surface area contributed by atoms with Crippen molar-refractivity contribution in [1.82, 2.24) is 0 Å². The zero-order valence-corrected chi connectivity index (χ0v) is 2.30. The van der Waals surface area contributed by atoms with Gasteiger partial charge >= 0.3 is 52.3 Å². The zero-order valence-electron chi connectivity index (χ0n) is 2.30. The molecule has 0 aliphatic heterocycles. The van der Waals surface area contributed by atoms with Gasteiger partial charge in [-0.3, -0.25) is 0 Å². The minimum atomic E-state index is -1.83. The van der Waals surface area contributed by atoms with Crippen LogP contribution in [0.4, 0.5) is 4.79 Å². The Labute approximate surface area is 89.4 Å². The highest BCUT2D eigenvalue weighted by molar-refractivity contribution is 5.76. The molecule has 0 spiro atoms. The van der Waals surface area contributed by atoms with Gasteiger partial charge in [-0.25, -0.2) is 4.79 Å². The van der Waals surface area contributed by atoms with Gasteiger partial charge in [0.15, 0.2) is 17.4 Å². The molecule has 4 nitrogen and oxygen atoms in total. The SMILES string of the molecule is O.O=C(O)O.[AlH3].[MgH2].[MgH2]. The largest absolute Gasteiger partial charge is 0.503 e. The van der Waals surface area contributed by atoms with Gasteiger partial charge in [-0.15, -0.1) is 0 Å². The molecule has 0 saturated heterocycles. The van der Waals surface area contributed by atoms with Crippen LogP contribution in [-0.4, -0.2) is 85.3 Å². The van der Waals surface area contributed by atoms with E-state index in [0.29, 0.717) is 0 Å². The van der Waals surface area contributed by atoms with E-state index in [1.807, 2.05) is 0 Å². The van der Waals surface area contributed by atoms with Crippen LogP contribution < -0.4 is 0 Å². The summed E-state index contributed by atoms with van der Waals surface area (Å²) in [5, 5.41) is 13.9. The molecule has 0 aliphatic carbocycles. The van der Waals surface area contributed by atoms with Crippen molar-refractivity contribution in [2.45, 2.75) is 0 Å². The summed E-state index contributed by atoms with van der Waals surface area (Å²) in [6.07, 6.45) is -1.83. The van der Waals surface area contributed by atoms with Crippen molar-refractivity contribution in [3.63, 3.8) is 0 Å². The number of hydrogen-bond donors (Lipinski definition) is 2. The fraction of sp³-hybridized carbons (Fsp3) is 0. The van der Waals surface area contributed by atoms with E-state index in [1.54, 1.807) is 0 Å². The molecule has 0 saturated carbocycles. The summed E-state index contributed by atoms with van der Waals surface area (Å²) >= 11 is 0. The summed E-state index contributed by atoms with van der Waals surface area (Å²) < 4.78 is 0. The van der Waals surface area contributed by atoms with E-state index in [2.05, 4.69) is 0 Å².